The lowest BCUT2D eigenvalue weighted by Gasteiger charge is -2.46. The van der Waals surface area contributed by atoms with E-state index in [4.69, 9.17) is 5.73 Å². The van der Waals surface area contributed by atoms with Crippen LogP contribution >= 0.6 is 0 Å². The number of aryl methyl sites for hydroxylation is 1. The third-order valence-corrected chi connectivity index (χ3v) is 4.36. The molecule has 1 saturated carbocycles. The molecular weight excluding hydrogens is 222 g/mol. The summed E-state index contributed by atoms with van der Waals surface area (Å²) >= 11 is 0. The molecule has 0 saturated heterocycles. The minimum atomic E-state index is -0.186. The molecule has 1 aliphatic carbocycles. The van der Waals surface area contributed by atoms with Crippen molar-refractivity contribution in [3.8, 4) is 0 Å². The molecular formula is C16H19NO. The van der Waals surface area contributed by atoms with Crippen LogP contribution in [0.25, 0.3) is 10.8 Å². The van der Waals surface area contributed by atoms with Crippen molar-refractivity contribution in [2.24, 2.45) is 5.73 Å². The largest absolute Gasteiger partial charge is 0.393 e. The Morgan fingerprint density at radius 3 is 2.44 bits per heavy atom. The second-order valence-corrected chi connectivity index (χ2v) is 5.52. The lowest BCUT2D eigenvalue weighted by molar-refractivity contribution is 0.0229. The van der Waals surface area contributed by atoms with E-state index in [2.05, 4.69) is 43.3 Å². The monoisotopic (exact) mass is 241 g/mol. The highest BCUT2D eigenvalue weighted by Crippen LogP contribution is 2.45. The molecule has 18 heavy (non-hydrogen) atoms. The zero-order valence-electron chi connectivity index (χ0n) is 10.7. The van der Waals surface area contributed by atoms with Gasteiger partial charge in [-0.25, -0.2) is 0 Å². The summed E-state index contributed by atoms with van der Waals surface area (Å²) in [6, 6.07) is 12.8. The van der Waals surface area contributed by atoms with Crippen LogP contribution in [0.3, 0.4) is 0 Å². The summed E-state index contributed by atoms with van der Waals surface area (Å²) in [6.07, 6.45) is 1.39. The number of aliphatic hydroxyl groups is 1. The van der Waals surface area contributed by atoms with Gasteiger partial charge in [-0.15, -0.1) is 0 Å². The molecule has 1 aliphatic rings. The molecule has 0 aromatic heterocycles. The average molecular weight is 241 g/mol. The molecule has 0 spiro atoms. The van der Waals surface area contributed by atoms with Gasteiger partial charge >= 0.3 is 0 Å². The molecule has 2 aromatic rings. The van der Waals surface area contributed by atoms with Crippen LogP contribution in [-0.2, 0) is 5.41 Å². The smallest absolute Gasteiger partial charge is 0.0558 e. The minimum absolute atomic E-state index is 0.0211. The number of hydrogen-bond acceptors (Lipinski definition) is 2. The highest BCUT2D eigenvalue weighted by atomic mass is 16.3. The van der Waals surface area contributed by atoms with Crippen molar-refractivity contribution in [2.75, 3.05) is 6.54 Å². The van der Waals surface area contributed by atoms with E-state index in [1.807, 2.05) is 0 Å². The van der Waals surface area contributed by atoms with Crippen molar-refractivity contribution in [3.05, 3.63) is 47.5 Å². The standard InChI is InChI=1S/C16H19NO/c1-11-6-7-15(14-5-3-2-4-13(11)14)16(10-17)8-12(18)9-16/h2-7,12,18H,8-10,17H2,1H3. The van der Waals surface area contributed by atoms with Crippen LogP contribution in [0.15, 0.2) is 36.4 Å². The molecule has 94 valence electrons. The summed E-state index contributed by atoms with van der Waals surface area (Å²) < 4.78 is 0. The van der Waals surface area contributed by atoms with Crippen LogP contribution in [0.2, 0.25) is 0 Å². The molecule has 0 amide bonds. The number of rotatable bonds is 2. The van der Waals surface area contributed by atoms with E-state index in [0.717, 1.165) is 12.8 Å². The summed E-state index contributed by atoms with van der Waals surface area (Å²) in [4.78, 5) is 0. The van der Waals surface area contributed by atoms with Gasteiger partial charge in [-0.3, -0.25) is 0 Å². The van der Waals surface area contributed by atoms with Gasteiger partial charge in [0.1, 0.15) is 0 Å². The number of fused-ring (bicyclic) bond motifs is 1. The molecule has 0 aliphatic heterocycles. The Balaban J connectivity index is 2.21. The predicted molar refractivity (Wildman–Crippen MR) is 74.7 cm³/mol. The Kier molecular flexibility index (Phi) is 2.65. The fourth-order valence-electron chi connectivity index (χ4n) is 3.25. The second kappa shape index (κ2) is 4.08. The van der Waals surface area contributed by atoms with Gasteiger partial charge in [-0.05, 0) is 41.7 Å². The second-order valence-electron chi connectivity index (χ2n) is 5.52. The van der Waals surface area contributed by atoms with E-state index in [9.17, 15) is 5.11 Å². The van der Waals surface area contributed by atoms with Gasteiger partial charge in [0.05, 0.1) is 6.10 Å². The SMILES string of the molecule is Cc1ccc(C2(CN)CC(O)C2)c2ccccc12. The minimum Gasteiger partial charge on any atom is -0.393 e. The third-order valence-electron chi connectivity index (χ3n) is 4.36. The van der Waals surface area contributed by atoms with Gasteiger partial charge in [0, 0.05) is 12.0 Å². The lowest BCUT2D eigenvalue weighted by Crippen LogP contribution is -2.49. The summed E-state index contributed by atoms with van der Waals surface area (Å²) in [5, 5.41) is 12.2. The Labute approximate surface area is 107 Å². The first-order valence-electron chi connectivity index (χ1n) is 6.53. The van der Waals surface area contributed by atoms with Crippen LogP contribution in [0.1, 0.15) is 24.0 Å². The van der Waals surface area contributed by atoms with Gasteiger partial charge < -0.3 is 10.8 Å². The van der Waals surface area contributed by atoms with Gasteiger partial charge in [-0.2, -0.15) is 0 Å². The maximum Gasteiger partial charge on any atom is 0.0558 e. The fraction of sp³-hybridized carbons (Fsp3) is 0.375. The van der Waals surface area contributed by atoms with Crippen LogP contribution in [-0.4, -0.2) is 17.8 Å². The van der Waals surface area contributed by atoms with Crippen molar-refractivity contribution in [1.29, 1.82) is 0 Å². The lowest BCUT2D eigenvalue weighted by atomic mass is 9.62. The molecule has 3 N–H and O–H groups in total. The molecule has 2 nitrogen and oxygen atoms in total. The topological polar surface area (TPSA) is 46.2 Å². The van der Waals surface area contributed by atoms with Gasteiger partial charge in [0.2, 0.25) is 0 Å². The van der Waals surface area contributed by atoms with E-state index in [0.29, 0.717) is 6.54 Å². The van der Waals surface area contributed by atoms with Crippen molar-refractivity contribution in [3.63, 3.8) is 0 Å². The Morgan fingerprint density at radius 2 is 1.83 bits per heavy atom. The van der Waals surface area contributed by atoms with E-state index < -0.39 is 0 Å². The van der Waals surface area contributed by atoms with E-state index >= 15 is 0 Å². The molecule has 3 rings (SSSR count). The van der Waals surface area contributed by atoms with E-state index in [1.165, 1.54) is 21.9 Å². The number of benzene rings is 2. The van der Waals surface area contributed by atoms with E-state index in [-0.39, 0.29) is 11.5 Å². The summed E-state index contributed by atoms with van der Waals surface area (Å²) in [5.41, 5.74) is 8.56. The van der Waals surface area contributed by atoms with Crippen molar-refractivity contribution >= 4 is 10.8 Å². The summed E-state index contributed by atoms with van der Waals surface area (Å²) in [5.74, 6) is 0. The molecule has 1 fully saturated rings. The zero-order chi connectivity index (χ0) is 12.8. The molecule has 0 bridgehead atoms. The van der Waals surface area contributed by atoms with Gasteiger partial charge in [-0.1, -0.05) is 36.4 Å². The Hall–Kier alpha value is -1.38. The van der Waals surface area contributed by atoms with Gasteiger partial charge in [0.25, 0.3) is 0 Å². The molecule has 2 aromatic carbocycles. The molecule has 0 radical (unpaired) electrons. The maximum absolute atomic E-state index is 9.65. The molecule has 2 heteroatoms. The molecule has 0 atom stereocenters. The fourth-order valence-corrected chi connectivity index (χ4v) is 3.25. The zero-order valence-corrected chi connectivity index (χ0v) is 10.7. The van der Waals surface area contributed by atoms with Crippen molar-refractivity contribution in [1.82, 2.24) is 0 Å². The van der Waals surface area contributed by atoms with Crippen molar-refractivity contribution in [2.45, 2.75) is 31.3 Å². The van der Waals surface area contributed by atoms with Crippen LogP contribution < -0.4 is 5.73 Å². The van der Waals surface area contributed by atoms with Crippen molar-refractivity contribution < 1.29 is 5.11 Å². The first kappa shape index (κ1) is 11.7. The predicted octanol–water partition coefficient (Wildman–Crippen LogP) is 2.50. The molecule has 0 heterocycles. The Morgan fingerprint density at radius 1 is 1.17 bits per heavy atom. The summed E-state index contributed by atoms with van der Waals surface area (Å²) in [6.45, 7) is 2.74. The Bertz CT molecular complexity index is 585. The van der Waals surface area contributed by atoms with E-state index in [1.54, 1.807) is 0 Å². The number of nitrogens with two attached hydrogens (primary N) is 1. The first-order valence-corrected chi connectivity index (χ1v) is 6.53. The van der Waals surface area contributed by atoms with Crippen LogP contribution in [0.4, 0.5) is 0 Å². The summed E-state index contributed by atoms with van der Waals surface area (Å²) in [7, 11) is 0. The third kappa shape index (κ3) is 1.57. The number of aliphatic hydroxyl groups excluding tert-OH is 1. The maximum atomic E-state index is 9.65. The quantitative estimate of drug-likeness (QED) is 0.848. The average Bonchev–Trinajstić information content (AvgIpc) is 2.36. The highest BCUT2D eigenvalue weighted by Gasteiger charge is 2.44. The van der Waals surface area contributed by atoms with Crippen LogP contribution in [0, 0.1) is 6.92 Å². The van der Waals surface area contributed by atoms with Gasteiger partial charge in [0.15, 0.2) is 0 Å². The first-order chi connectivity index (χ1) is 8.66. The normalized spacial score (nSPS) is 27.2. The molecule has 0 unspecified atom stereocenters. The number of hydrogen-bond donors (Lipinski definition) is 2. The highest BCUT2D eigenvalue weighted by molar-refractivity contribution is 5.89. The van der Waals surface area contributed by atoms with Crippen LogP contribution in [0.5, 0.6) is 0 Å².